The molecule has 0 saturated carbocycles. The number of halogens is 5. The average Bonchev–Trinajstić information content (AvgIpc) is 2.96. The number of benzene rings is 2. The quantitative estimate of drug-likeness (QED) is 0.615. The molecule has 0 aliphatic rings. The summed E-state index contributed by atoms with van der Waals surface area (Å²) < 4.78 is 92.6. The van der Waals surface area contributed by atoms with Gasteiger partial charge in [-0.25, -0.2) is 22.3 Å². The lowest BCUT2D eigenvalue weighted by atomic mass is 10.1. The first kappa shape index (κ1) is 21.0. The maximum Gasteiger partial charge on any atom is 0.573 e. The summed E-state index contributed by atoms with van der Waals surface area (Å²) in [6.07, 6.45) is -4.91. The molecular weight excluding hydrogens is 443 g/mol. The van der Waals surface area contributed by atoms with Crippen molar-refractivity contribution < 1.29 is 35.1 Å². The Hall–Kier alpha value is -2.77. The molecule has 154 valence electrons. The van der Waals surface area contributed by atoms with Gasteiger partial charge in [-0.2, -0.15) is 0 Å². The number of rotatable bonds is 4. The normalized spacial score (nSPS) is 12.2. The van der Waals surface area contributed by atoms with Crippen LogP contribution in [0.4, 0.5) is 22.0 Å². The van der Waals surface area contributed by atoms with E-state index in [0.29, 0.717) is 23.5 Å². The van der Waals surface area contributed by atoms with Crippen molar-refractivity contribution in [3.8, 4) is 22.7 Å². The van der Waals surface area contributed by atoms with Gasteiger partial charge in [-0.05, 0) is 36.4 Å². The molecule has 1 aromatic heterocycles. The number of primary sulfonamides is 1. The van der Waals surface area contributed by atoms with Gasteiger partial charge >= 0.3 is 11.2 Å². The van der Waals surface area contributed by atoms with Crippen LogP contribution in [0.1, 0.15) is 0 Å². The fraction of sp³-hybridized carbons (Fsp3) is 0.0625. The zero-order valence-corrected chi connectivity index (χ0v) is 15.5. The van der Waals surface area contributed by atoms with Crippen LogP contribution in [0.25, 0.3) is 16.9 Å². The van der Waals surface area contributed by atoms with E-state index in [1.165, 1.54) is 5.38 Å². The monoisotopic (exact) mass is 452 g/mol. The zero-order chi connectivity index (χ0) is 21.6. The molecule has 0 bridgehead atoms. The summed E-state index contributed by atoms with van der Waals surface area (Å²) in [5.74, 6) is -3.04. The van der Waals surface area contributed by atoms with E-state index in [1.807, 2.05) is 0 Å². The number of thiazole rings is 1. The molecule has 1 heterocycles. The van der Waals surface area contributed by atoms with Crippen molar-refractivity contribution in [1.82, 2.24) is 4.57 Å². The van der Waals surface area contributed by atoms with Crippen molar-refractivity contribution in [2.24, 2.45) is 5.14 Å². The Morgan fingerprint density at radius 3 is 2.21 bits per heavy atom. The van der Waals surface area contributed by atoms with E-state index in [9.17, 15) is 35.2 Å². The Morgan fingerprint density at radius 2 is 1.66 bits per heavy atom. The SMILES string of the molecule is NS(=O)(=O)c1cc(F)c(-c2csc(=O)n2-c2ccc(OC(F)(F)F)cc2)cc1F. The van der Waals surface area contributed by atoms with Gasteiger partial charge in [-0.1, -0.05) is 11.3 Å². The first-order chi connectivity index (χ1) is 13.4. The van der Waals surface area contributed by atoms with E-state index in [4.69, 9.17) is 5.14 Å². The summed E-state index contributed by atoms with van der Waals surface area (Å²) in [6.45, 7) is 0. The van der Waals surface area contributed by atoms with Crippen molar-refractivity contribution >= 4 is 21.4 Å². The maximum absolute atomic E-state index is 14.5. The van der Waals surface area contributed by atoms with Crippen LogP contribution in [0, 0.1) is 11.6 Å². The smallest absolute Gasteiger partial charge is 0.406 e. The lowest BCUT2D eigenvalue weighted by Crippen LogP contribution is -2.17. The number of sulfonamides is 1. The van der Waals surface area contributed by atoms with Crippen LogP contribution in [0.2, 0.25) is 0 Å². The van der Waals surface area contributed by atoms with E-state index >= 15 is 0 Å². The lowest BCUT2D eigenvalue weighted by molar-refractivity contribution is -0.274. The highest BCUT2D eigenvalue weighted by molar-refractivity contribution is 7.89. The molecule has 0 atom stereocenters. The van der Waals surface area contributed by atoms with Crippen molar-refractivity contribution in [2.75, 3.05) is 0 Å². The second-order valence-electron chi connectivity index (χ2n) is 5.57. The van der Waals surface area contributed by atoms with Crippen molar-refractivity contribution in [2.45, 2.75) is 11.3 Å². The van der Waals surface area contributed by atoms with E-state index in [-0.39, 0.29) is 11.4 Å². The second-order valence-corrected chi connectivity index (χ2v) is 7.92. The first-order valence-corrected chi connectivity index (χ1v) is 9.88. The van der Waals surface area contributed by atoms with Crippen LogP contribution in [0.5, 0.6) is 5.75 Å². The number of hydrogen-bond donors (Lipinski definition) is 1. The van der Waals surface area contributed by atoms with Gasteiger partial charge in [-0.3, -0.25) is 9.36 Å². The van der Waals surface area contributed by atoms with Crippen molar-refractivity contribution in [3.63, 3.8) is 0 Å². The lowest BCUT2D eigenvalue weighted by Gasteiger charge is -2.12. The van der Waals surface area contributed by atoms with Crippen molar-refractivity contribution in [3.05, 3.63) is 63.1 Å². The molecule has 3 rings (SSSR count). The highest BCUT2D eigenvalue weighted by Crippen LogP contribution is 2.30. The third kappa shape index (κ3) is 4.46. The van der Waals surface area contributed by atoms with Crippen LogP contribution < -0.4 is 14.7 Å². The second kappa shape index (κ2) is 7.24. The van der Waals surface area contributed by atoms with Crippen LogP contribution in [0.3, 0.4) is 0 Å². The van der Waals surface area contributed by atoms with Gasteiger partial charge in [-0.15, -0.1) is 13.2 Å². The molecule has 0 radical (unpaired) electrons. The highest BCUT2D eigenvalue weighted by Gasteiger charge is 2.31. The van der Waals surface area contributed by atoms with Crippen LogP contribution in [-0.4, -0.2) is 19.3 Å². The number of nitrogens with zero attached hydrogens (tertiary/aromatic N) is 1. The summed E-state index contributed by atoms with van der Waals surface area (Å²) in [6, 6.07) is 5.06. The number of hydrogen-bond acceptors (Lipinski definition) is 5. The molecule has 2 N–H and O–H groups in total. The van der Waals surface area contributed by atoms with E-state index < -0.39 is 49.1 Å². The Kier molecular flexibility index (Phi) is 5.23. The van der Waals surface area contributed by atoms with Gasteiger partial charge in [0.2, 0.25) is 10.0 Å². The largest absolute Gasteiger partial charge is 0.573 e. The number of ether oxygens (including phenoxy) is 1. The summed E-state index contributed by atoms with van der Waals surface area (Å²) in [4.78, 5) is 10.5. The van der Waals surface area contributed by atoms with Gasteiger partial charge in [0.05, 0.1) is 11.4 Å². The van der Waals surface area contributed by atoms with Gasteiger partial charge in [0.15, 0.2) is 0 Å². The molecule has 2 aromatic carbocycles. The Bertz CT molecular complexity index is 1230. The van der Waals surface area contributed by atoms with Gasteiger partial charge in [0.25, 0.3) is 0 Å². The van der Waals surface area contributed by atoms with E-state index in [1.54, 1.807) is 0 Å². The van der Waals surface area contributed by atoms with E-state index in [0.717, 1.165) is 28.8 Å². The summed E-state index contributed by atoms with van der Waals surface area (Å²) >= 11 is 0.623. The maximum atomic E-state index is 14.5. The van der Waals surface area contributed by atoms with Crippen LogP contribution in [-0.2, 0) is 10.0 Å². The Labute approximate surface area is 163 Å². The molecule has 0 fully saturated rings. The van der Waals surface area contributed by atoms with Gasteiger partial charge in [0, 0.05) is 10.9 Å². The minimum absolute atomic E-state index is 0.0519. The number of alkyl halides is 3. The predicted octanol–water partition coefficient (Wildman–Crippen LogP) is 3.39. The number of nitrogens with two attached hydrogens (primary N) is 1. The third-order valence-corrected chi connectivity index (χ3v) is 5.28. The molecule has 13 heteroatoms. The predicted molar refractivity (Wildman–Crippen MR) is 93.3 cm³/mol. The summed E-state index contributed by atoms with van der Waals surface area (Å²) in [7, 11) is -4.52. The van der Waals surface area contributed by atoms with Crippen LogP contribution in [0.15, 0.2) is 51.5 Å². The minimum Gasteiger partial charge on any atom is -0.406 e. The summed E-state index contributed by atoms with van der Waals surface area (Å²) in [5.41, 5.74) is -0.526. The van der Waals surface area contributed by atoms with Gasteiger partial charge < -0.3 is 4.74 Å². The molecule has 0 amide bonds. The zero-order valence-electron chi connectivity index (χ0n) is 13.9. The highest BCUT2D eigenvalue weighted by atomic mass is 32.2. The molecule has 0 aliphatic carbocycles. The molecule has 29 heavy (non-hydrogen) atoms. The van der Waals surface area contributed by atoms with Gasteiger partial charge in [0.1, 0.15) is 22.3 Å². The average molecular weight is 452 g/mol. The van der Waals surface area contributed by atoms with E-state index in [2.05, 4.69) is 4.74 Å². The minimum atomic E-state index is -4.91. The molecule has 3 aromatic rings. The van der Waals surface area contributed by atoms with Crippen LogP contribution >= 0.6 is 11.3 Å². The Balaban J connectivity index is 2.10. The number of aromatic nitrogens is 1. The molecule has 0 saturated heterocycles. The molecule has 0 unspecified atom stereocenters. The summed E-state index contributed by atoms with van der Waals surface area (Å²) in [5, 5.41) is 6.01. The molecule has 0 spiro atoms. The molecule has 0 aliphatic heterocycles. The third-order valence-electron chi connectivity index (χ3n) is 3.63. The topological polar surface area (TPSA) is 91.4 Å². The van der Waals surface area contributed by atoms with Crippen molar-refractivity contribution in [1.29, 1.82) is 0 Å². The fourth-order valence-electron chi connectivity index (χ4n) is 2.48. The first-order valence-electron chi connectivity index (χ1n) is 7.46. The Morgan fingerprint density at radius 1 is 1.03 bits per heavy atom. The fourth-order valence-corrected chi connectivity index (χ4v) is 3.83. The molecule has 6 nitrogen and oxygen atoms in total. The standard InChI is InChI=1S/C16H9F5N2O4S2/c17-11-6-14(29(22,25)26)12(18)5-10(11)13-7-28-15(24)23(13)8-1-3-9(4-2-8)27-16(19,20)21/h1-7H,(H2,22,25,26). The molecular formula is C16H9F5N2O4S2.